The predicted octanol–water partition coefficient (Wildman–Crippen LogP) is 1.94. The average molecular weight is 410 g/mol. The third-order valence-corrected chi connectivity index (χ3v) is 5.94. The van der Waals surface area contributed by atoms with E-state index in [0.29, 0.717) is 11.1 Å². The molecule has 0 aliphatic carbocycles. The van der Waals surface area contributed by atoms with Gasteiger partial charge in [0.05, 0.1) is 16.1 Å². The van der Waals surface area contributed by atoms with Gasteiger partial charge in [0.15, 0.2) is 0 Å². The van der Waals surface area contributed by atoms with E-state index in [4.69, 9.17) is 17.2 Å². The van der Waals surface area contributed by atoms with Crippen LogP contribution in [0.3, 0.4) is 0 Å². The van der Waals surface area contributed by atoms with Crippen molar-refractivity contribution in [3.8, 4) is 22.3 Å². The summed E-state index contributed by atoms with van der Waals surface area (Å²) in [5, 5.41) is 0. The first kappa shape index (κ1) is 20.5. The second-order valence-electron chi connectivity index (χ2n) is 6.43. The number of carbonyl (C=O) groups is 1. The number of hydrogen-bond donors (Lipinski definition) is 4. The number of benzene rings is 3. The van der Waals surface area contributed by atoms with E-state index in [0.717, 1.165) is 11.1 Å². The smallest absolute Gasteiger partial charge is 0.250 e. The van der Waals surface area contributed by atoms with Gasteiger partial charge in [0.25, 0.3) is 5.91 Å². The Bertz CT molecular complexity index is 1130. The zero-order valence-corrected chi connectivity index (χ0v) is 16.4. The highest BCUT2D eigenvalue weighted by Crippen LogP contribution is 2.34. The molecule has 7 nitrogen and oxygen atoms in total. The highest BCUT2D eigenvalue weighted by Gasteiger charge is 2.17. The van der Waals surface area contributed by atoms with Gasteiger partial charge in [-0.1, -0.05) is 42.5 Å². The summed E-state index contributed by atoms with van der Waals surface area (Å²) >= 11 is 0. The summed E-state index contributed by atoms with van der Waals surface area (Å²) in [6.45, 7) is 0.355. The molecule has 0 aliphatic rings. The van der Waals surface area contributed by atoms with Crippen LogP contribution in [-0.2, 0) is 10.0 Å². The summed E-state index contributed by atoms with van der Waals surface area (Å²) in [6, 6.07) is 19.3. The zero-order valence-electron chi connectivity index (χ0n) is 15.6. The van der Waals surface area contributed by atoms with Gasteiger partial charge in [-0.3, -0.25) is 4.79 Å². The van der Waals surface area contributed by atoms with Crippen LogP contribution in [0.2, 0.25) is 0 Å². The molecule has 0 spiro atoms. The lowest BCUT2D eigenvalue weighted by atomic mass is 9.94. The lowest BCUT2D eigenvalue weighted by Crippen LogP contribution is -2.29. The quantitative estimate of drug-likeness (QED) is 0.440. The Morgan fingerprint density at radius 1 is 0.897 bits per heavy atom. The number of primary amides is 1. The van der Waals surface area contributed by atoms with Gasteiger partial charge in [-0.2, -0.15) is 0 Å². The maximum absolute atomic E-state index is 12.2. The Morgan fingerprint density at radius 3 is 2.14 bits per heavy atom. The molecule has 7 N–H and O–H groups in total. The van der Waals surface area contributed by atoms with Crippen molar-refractivity contribution in [1.82, 2.24) is 4.72 Å². The van der Waals surface area contributed by atoms with Crippen LogP contribution in [0.4, 0.5) is 5.69 Å². The Hall–Kier alpha value is -3.20. The van der Waals surface area contributed by atoms with Crippen LogP contribution in [0.5, 0.6) is 0 Å². The molecule has 0 saturated heterocycles. The Balaban J connectivity index is 2.08. The number of nitrogens with two attached hydrogens (primary N) is 3. The molecule has 150 valence electrons. The molecule has 3 rings (SSSR count). The molecule has 29 heavy (non-hydrogen) atoms. The molecular formula is C21H22N4O3S. The van der Waals surface area contributed by atoms with E-state index in [9.17, 15) is 13.2 Å². The van der Waals surface area contributed by atoms with E-state index in [1.165, 1.54) is 12.1 Å². The van der Waals surface area contributed by atoms with Gasteiger partial charge < -0.3 is 17.2 Å². The zero-order chi connectivity index (χ0) is 21.0. The topological polar surface area (TPSA) is 141 Å². The number of nitrogen functional groups attached to an aromatic ring is 1. The highest BCUT2D eigenvalue weighted by atomic mass is 32.2. The minimum Gasteiger partial charge on any atom is -0.398 e. The van der Waals surface area contributed by atoms with Crippen LogP contribution in [-0.4, -0.2) is 27.4 Å². The first-order chi connectivity index (χ1) is 13.8. The maximum atomic E-state index is 12.2. The van der Waals surface area contributed by atoms with Crippen LogP contribution in [0.25, 0.3) is 22.3 Å². The molecule has 0 bridgehead atoms. The molecule has 0 fully saturated rings. The lowest BCUT2D eigenvalue weighted by molar-refractivity contribution is 0.100. The van der Waals surface area contributed by atoms with Crippen LogP contribution in [0.15, 0.2) is 71.6 Å². The number of amides is 1. The molecule has 0 aromatic heterocycles. The van der Waals surface area contributed by atoms with Gasteiger partial charge in [-0.25, -0.2) is 13.1 Å². The predicted molar refractivity (Wildman–Crippen MR) is 114 cm³/mol. The van der Waals surface area contributed by atoms with Crippen LogP contribution in [0, 0.1) is 0 Å². The van der Waals surface area contributed by atoms with Gasteiger partial charge in [-0.05, 0) is 41.0 Å². The Morgan fingerprint density at radius 2 is 1.55 bits per heavy atom. The molecule has 1 amide bonds. The molecule has 3 aromatic rings. The number of sulfonamides is 1. The van der Waals surface area contributed by atoms with Crippen molar-refractivity contribution in [3.05, 3.63) is 72.3 Å². The average Bonchev–Trinajstić information content (AvgIpc) is 2.73. The number of anilines is 1. The first-order valence-electron chi connectivity index (χ1n) is 8.92. The van der Waals surface area contributed by atoms with E-state index in [-0.39, 0.29) is 29.2 Å². The maximum Gasteiger partial charge on any atom is 0.250 e. The molecule has 0 aliphatic heterocycles. The third-order valence-electron chi connectivity index (χ3n) is 4.46. The molecule has 8 heteroatoms. The molecule has 0 saturated carbocycles. The normalized spacial score (nSPS) is 11.3. The van der Waals surface area contributed by atoms with Gasteiger partial charge in [0, 0.05) is 18.7 Å². The van der Waals surface area contributed by atoms with Crippen molar-refractivity contribution < 1.29 is 13.2 Å². The van der Waals surface area contributed by atoms with Crippen LogP contribution >= 0.6 is 0 Å². The summed E-state index contributed by atoms with van der Waals surface area (Å²) in [6.07, 6.45) is 0. The first-order valence-corrected chi connectivity index (χ1v) is 10.4. The van der Waals surface area contributed by atoms with E-state index >= 15 is 0 Å². The number of hydrogen-bond acceptors (Lipinski definition) is 5. The molecule has 0 atom stereocenters. The minimum absolute atomic E-state index is 0.114. The number of rotatable bonds is 7. The van der Waals surface area contributed by atoms with Crippen molar-refractivity contribution in [2.24, 2.45) is 11.5 Å². The molecule has 3 aromatic carbocycles. The van der Waals surface area contributed by atoms with Gasteiger partial charge in [-0.15, -0.1) is 0 Å². The van der Waals surface area contributed by atoms with Crippen molar-refractivity contribution in [3.63, 3.8) is 0 Å². The molecule has 0 radical (unpaired) electrons. The minimum atomic E-state index is -3.64. The third kappa shape index (κ3) is 4.45. The second-order valence-corrected chi connectivity index (χ2v) is 8.19. The number of carbonyl (C=O) groups excluding carboxylic acids is 1. The molecule has 0 heterocycles. The van der Waals surface area contributed by atoms with Crippen molar-refractivity contribution in [2.45, 2.75) is 4.90 Å². The summed E-state index contributed by atoms with van der Waals surface area (Å²) < 4.78 is 26.9. The van der Waals surface area contributed by atoms with Crippen molar-refractivity contribution in [1.29, 1.82) is 0 Å². The summed E-state index contributed by atoms with van der Waals surface area (Å²) in [7, 11) is -3.64. The van der Waals surface area contributed by atoms with Crippen molar-refractivity contribution >= 4 is 21.6 Å². The van der Waals surface area contributed by atoms with E-state index in [2.05, 4.69) is 4.72 Å². The second kappa shape index (κ2) is 8.44. The monoisotopic (exact) mass is 410 g/mol. The summed E-state index contributed by atoms with van der Waals surface area (Å²) in [4.78, 5) is 12.0. The largest absolute Gasteiger partial charge is 0.398 e. The summed E-state index contributed by atoms with van der Waals surface area (Å²) in [5.41, 5.74) is 20.5. The fourth-order valence-corrected chi connectivity index (χ4v) is 4.03. The van der Waals surface area contributed by atoms with Gasteiger partial charge in [0.1, 0.15) is 0 Å². The fraction of sp³-hybridized carbons (Fsp3) is 0.0952. The Labute approximate surface area is 169 Å². The SMILES string of the molecule is NCCNS(=O)(=O)c1ccc(-c2cc(-c3ccccc3)cc(C(N)=O)c2N)cc1. The van der Waals surface area contributed by atoms with Crippen molar-refractivity contribution in [2.75, 3.05) is 18.8 Å². The van der Waals surface area contributed by atoms with Crippen LogP contribution < -0.4 is 21.9 Å². The fourth-order valence-electron chi connectivity index (χ4n) is 2.98. The van der Waals surface area contributed by atoms with Gasteiger partial charge >= 0.3 is 0 Å². The van der Waals surface area contributed by atoms with Gasteiger partial charge in [0.2, 0.25) is 10.0 Å². The lowest BCUT2D eigenvalue weighted by Gasteiger charge is -2.14. The number of nitrogens with one attached hydrogen (secondary N) is 1. The molecular weight excluding hydrogens is 388 g/mol. The summed E-state index contributed by atoms with van der Waals surface area (Å²) in [5.74, 6) is -0.633. The van der Waals surface area contributed by atoms with E-state index in [1.54, 1.807) is 18.2 Å². The van der Waals surface area contributed by atoms with Crippen LogP contribution in [0.1, 0.15) is 10.4 Å². The molecule has 0 unspecified atom stereocenters. The Kier molecular flexibility index (Phi) is 5.97. The standard InChI is InChI=1S/C21H22N4O3S/c22-10-11-25-29(27,28)17-8-6-15(7-9-17)18-12-16(14-4-2-1-3-5-14)13-19(20(18)23)21(24)26/h1-9,12-13,25H,10-11,22-23H2,(H2,24,26). The van der Waals surface area contributed by atoms with E-state index in [1.807, 2.05) is 36.4 Å². The highest BCUT2D eigenvalue weighted by molar-refractivity contribution is 7.89. The van der Waals surface area contributed by atoms with E-state index < -0.39 is 15.9 Å².